The summed E-state index contributed by atoms with van der Waals surface area (Å²) < 4.78 is 16.6. The molecule has 0 aromatic carbocycles. The summed E-state index contributed by atoms with van der Waals surface area (Å²) in [6, 6.07) is 0. The fraction of sp³-hybridized carbons (Fsp3) is 0.936. The van der Waals surface area contributed by atoms with Crippen LogP contribution in [0.1, 0.15) is 259 Å². The number of unbranched alkanes of at least 4 members (excludes halogenated alkanes) is 29. The standard InChI is InChI=1S/C47H90O6/c1-5-7-9-11-12-13-20-24-27-31-35-39-46(49)52-42-44(41-51-45(48)38-34-29-10-8-6-2)53-47(50)40-36-32-28-25-22-19-17-15-14-16-18-21-23-26-30-33-37-43(3)4/h43-44H,5-42H2,1-4H3/t44-/m0/s1. The number of carbonyl (C=O) groups excluding carboxylic acids is 3. The van der Waals surface area contributed by atoms with E-state index >= 15 is 0 Å². The second kappa shape index (κ2) is 41.6. The van der Waals surface area contributed by atoms with Gasteiger partial charge in [-0.1, -0.05) is 220 Å². The van der Waals surface area contributed by atoms with Crippen LogP contribution in [0.2, 0.25) is 0 Å². The van der Waals surface area contributed by atoms with Crippen molar-refractivity contribution in [1.29, 1.82) is 0 Å². The van der Waals surface area contributed by atoms with Crippen LogP contribution in [0.25, 0.3) is 0 Å². The van der Waals surface area contributed by atoms with Gasteiger partial charge in [-0.3, -0.25) is 14.4 Å². The fourth-order valence-corrected chi connectivity index (χ4v) is 6.98. The Morgan fingerprint density at radius 2 is 0.623 bits per heavy atom. The van der Waals surface area contributed by atoms with E-state index in [2.05, 4.69) is 27.7 Å². The molecule has 0 heterocycles. The Labute approximate surface area is 329 Å². The highest BCUT2D eigenvalue weighted by atomic mass is 16.6. The summed E-state index contributed by atoms with van der Waals surface area (Å²) in [7, 11) is 0. The molecule has 0 amide bonds. The maximum absolute atomic E-state index is 12.7. The minimum Gasteiger partial charge on any atom is -0.462 e. The molecule has 0 aromatic heterocycles. The molecule has 0 aliphatic carbocycles. The van der Waals surface area contributed by atoms with Gasteiger partial charge in [0.15, 0.2) is 6.10 Å². The molecule has 314 valence electrons. The Bertz CT molecular complexity index is 796. The fourth-order valence-electron chi connectivity index (χ4n) is 6.98. The number of hydrogen-bond donors (Lipinski definition) is 0. The van der Waals surface area contributed by atoms with Crippen molar-refractivity contribution in [3.8, 4) is 0 Å². The minimum atomic E-state index is -0.757. The van der Waals surface area contributed by atoms with Gasteiger partial charge in [-0.25, -0.2) is 0 Å². The first kappa shape index (κ1) is 51.4. The summed E-state index contributed by atoms with van der Waals surface area (Å²) in [6.45, 7) is 8.93. The molecule has 1 atom stereocenters. The van der Waals surface area contributed by atoms with Gasteiger partial charge in [0.1, 0.15) is 13.2 Å². The Hall–Kier alpha value is -1.59. The number of hydrogen-bond acceptors (Lipinski definition) is 6. The van der Waals surface area contributed by atoms with Crippen LogP contribution in [-0.2, 0) is 28.6 Å². The van der Waals surface area contributed by atoms with Gasteiger partial charge in [0.25, 0.3) is 0 Å². The number of rotatable bonds is 42. The van der Waals surface area contributed by atoms with Gasteiger partial charge < -0.3 is 14.2 Å². The van der Waals surface area contributed by atoms with Crippen LogP contribution in [0.4, 0.5) is 0 Å². The predicted octanol–water partition coefficient (Wildman–Crippen LogP) is 14.7. The van der Waals surface area contributed by atoms with E-state index in [1.54, 1.807) is 0 Å². The van der Waals surface area contributed by atoms with Gasteiger partial charge in [-0.2, -0.15) is 0 Å². The SMILES string of the molecule is CCCCCCCCCCCCCC(=O)OC[C@H](COC(=O)CCCCCCC)OC(=O)CCCCCCCCCCCCCCCCCCC(C)C. The van der Waals surface area contributed by atoms with Gasteiger partial charge in [0, 0.05) is 19.3 Å². The zero-order chi connectivity index (χ0) is 38.9. The molecule has 6 heteroatoms. The van der Waals surface area contributed by atoms with Gasteiger partial charge in [-0.05, 0) is 25.2 Å². The van der Waals surface area contributed by atoms with Gasteiger partial charge in [0.05, 0.1) is 0 Å². The van der Waals surface area contributed by atoms with E-state index in [0.717, 1.165) is 70.1 Å². The molecule has 0 spiro atoms. The van der Waals surface area contributed by atoms with Crippen LogP contribution in [-0.4, -0.2) is 37.2 Å². The lowest BCUT2D eigenvalue weighted by atomic mass is 10.0. The second-order valence-corrected chi connectivity index (χ2v) is 16.5. The molecule has 0 saturated heterocycles. The molecule has 0 N–H and O–H groups in total. The highest BCUT2D eigenvalue weighted by molar-refractivity contribution is 5.71. The van der Waals surface area contributed by atoms with Crippen LogP contribution < -0.4 is 0 Å². The van der Waals surface area contributed by atoms with Crippen molar-refractivity contribution in [2.45, 2.75) is 265 Å². The van der Waals surface area contributed by atoms with Gasteiger partial charge in [0.2, 0.25) is 0 Å². The van der Waals surface area contributed by atoms with Crippen molar-refractivity contribution in [2.75, 3.05) is 13.2 Å². The molecular formula is C47H90O6. The van der Waals surface area contributed by atoms with Crippen molar-refractivity contribution in [3.05, 3.63) is 0 Å². The lowest BCUT2D eigenvalue weighted by Gasteiger charge is -2.18. The number of esters is 3. The van der Waals surface area contributed by atoms with E-state index in [9.17, 15) is 14.4 Å². The normalized spacial score (nSPS) is 11.9. The summed E-state index contributed by atoms with van der Waals surface area (Å²) >= 11 is 0. The highest BCUT2D eigenvalue weighted by Gasteiger charge is 2.19. The summed E-state index contributed by atoms with van der Waals surface area (Å²) in [5, 5.41) is 0. The average molecular weight is 751 g/mol. The van der Waals surface area contributed by atoms with E-state index in [1.807, 2.05) is 0 Å². The number of carbonyl (C=O) groups is 3. The van der Waals surface area contributed by atoms with E-state index in [-0.39, 0.29) is 31.1 Å². The first-order valence-corrected chi connectivity index (χ1v) is 23.4. The maximum Gasteiger partial charge on any atom is 0.306 e. The lowest BCUT2D eigenvalue weighted by Crippen LogP contribution is -2.30. The molecular weight excluding hydrogens is 661 g/mol. The molecule has 0 aromatic rings. The molecule has 0 aliphatic rings. The lowest BCUT2D eigenvalue weighted by molar-refractivity contribution is -0.167. The smallest absolute Gasteiger partial charge is 0.306 e. The van der Waals surface area contributed by atoms with E-state index in [1.165, 1.54) is 148 Å². The topological polar surface area (TPSA) is 78.9 Å². The molecule has 0 unspecified atom stereocenters. The quantitative estimate of drug-likeness (QED) is 0.0351. The minimum absolute atomic E-state index is 0.0645. The van der Waals surface area contributed by atoms with Crippen molar-refractivity contribution in [2.24, 2.45) is 5.92 Å². The van der Waals surface area contributed by atoms with Crippen LogP contribution in [0.3, 0.4) is 0 Å². The highest BCUT2D eigenvalue weighted by Crippen LogP contribution is 2.16. The third-order valence-corrected chi connectivity index (χ3v) is 10.5. The number of ether oxygens (including phenoxy) is 3. The van der Waals surface area contributed by atoms with Gasteiger partial charge >= 0.3 is 17.9 Å². The summed E-state index contributed by atoms with van der Waals surface area (Å²) in [4.78, 5) is 37.5. The summed E-state index contributed by atoms with van der Waals surface area (Å²) in [6.07, 6.45) is 41.2. The van der Waals surface area contributed by atoms with E-state index in [4.69, 9.17) is 14.2 Å². The van der Waals surface area contributed by atoms with E-state index < -0.39 is 6.10 Å². The zero-order valence-electron chi connectivity index (χ0n) is 36.0. The Balaban J connectivity index is 4.12. The summed E-state index contributed by atoms with van der Waals surface area (Å²) in [5.74, 6) is -0.0149. The Morgan fingerprint density at radius 3 is 0.925 bits per heavy atom. The van der Waals surface area contributed by atoms with Crippen molar-refractivity contribution in [3.63, 3.8) is 0 Å². The predicted molar refractivity (Wildman–Crippen MR) is 224 cm³/mol. The molecule has 6 nitrogen and oxygen atoms in total. The third kappa shape index (κ3) is 41.4. The molecule has 0 rings (SSSR count). The Kier molecular flexibility index (Phi) is 40.3. The molecule has 0 radical (unpaired) electrons. The largest absolute Gasteiger partial charge is 0.462 e. The summed E-state index contributed by atoms with van der Waals surface area (Å²) in [5.41, 5.74) is 0. The molecule has 0 fully saturated rings. The second-order valence-electron chi connectivity index (χ2n) is 16.5. The van der Waals surface area contributed by atoms with Crippen molar-refractivity contribution < 1.29 is 28.6 Å². The average Bonchev–Trinajstić information content (AvgIpc) is 3.14. The first-order chi connectivity index (χ1) is 25.9. The van der Waals surface area contributed by atoms with E-state index in [0.29, 0.717) is 19.3 Å². The van der Waals surface area contributed by atoms with Gasteiger partial charge in [-0.15, -0.1) is 0 Å². The zero-order valence-corrected chi connectivity index (χ0v) is 36.0. The van der Waals surface area contributed by atoms with Crippen molar-refractivity contribution in [1.82, 2.24) is 0 Å². The van der Waals surface area contributed by atoms with Crippen LogP contribution >= 0.6 is 0 Å². The monoisotopic (exact) mass is 751 g/mol. The molecule has 0 saturated carbocycles. The van der Waals surface area contributed by atoms with Crippen LogP contribution in [0, 0.1) is 5.92 Å². The first-order valence-electron chi connectivity index (χ1n) is 23.4. The molecule has 0 aliphatic heterocycles. The van der Waals surface area contributed by atoms with Crippen molar-refractivity contribution >= 4 is 17.9 Å². The van der Waals surface area contributed by atoms with Crippen LogP contribution in [0.15, 0.2) is 0 Å². The maximum atomic E-state index is 12.7. The molecule has 0 bridgehead atoms. The Morgan fingerprint density at radius 1 is 0.358 bits per heavy atom. The third-order valence-electron chi connectivity index (χ3n) is 10.5. The van der Waals surface area contributed by atoms with Crippen LogP contribution in [0.5, 0.6) is 0 Å². The molecule has 53 heavy (non-hydrogen) atoms.